The van der Waals surface area contributed by atoms with Crippen molar-refractivity contribution in [2.75, 3.05) is 29.5 Å². The molecular weight excluding hydrogens is 280 g/mol. The molecule has 2 saturated heterocycles. The van der Waals surface area contributed by atoms with Crippen LogP contribution in [0.25, 0.3) is 0 Å². The van der Waals surface area contributed by atoms with Crippen LogP contribution in [0, 0.1) is 5.41 Å². The van der Waals surface area contributed by atoms with Crippen molar-refractivity contribution in [1.82, 2.24) is 15.3 Å². The van der Waals surface area contributed by atoms with Crippen LogP contribution in [0.15, 0.2) is 18.5 Å². The zero-order valence-electron chi connectivity index (χ0n) is 13.1. The van der Waals surface area contributed by atoms with E-state index in [1.807, 2.05) is 18.5 Å². The lowest BCUT2D eigenvalue weighted by atomic mass is 9.87. The number of anilines is 1. The second-order valence-electron chi connectivity index (χ2n) is 7.08. The van der Waals surface area contributed by atoms with Gasteiger partial charge in [-0.15, -0.1) is 0 Å². The van der Waals surface area contributed by atoms with Gasteiger partial charge in [-0.05, 0) is 36.5 Å². The maximum Gasteiger partial charge on any atom is 0.225 e. The van der Waals surface area contributed by atoms with Crippen LogP contribution in [0.3, 0.4) is 0 Å². The molecule has 1 aromatic heterocycles. The SMILES string of the molecule is CC1(C)CSCC(NC2CCCN(c3ncccn3)C2)C1. The third-order valence-corrected chi connectivity index (χ3v) is 5.96. The number of piperidine rings is 1. The van der Waals surface area contributed by atoms with E-state index in [0.717, 1.165) is 19.0 Å². The zero-order valence-corrected chi connectivity index (χ0v) is 13.9. The van der Waals surface area contributed by atoms with Crippen molar-refractivity contribution < 1.29 is 0 Å². The summed E-state index contributed by atoms with van der Waals surface area (Å²) in [6, 6.07) is 3.10. The summed E-state index contributed by atoms with van der Waals surface area (Å²) in [6.07, 6.45) is 7.45. The summed E-state index contributed by atoms with van der Waals surface area (Å²) in [5, 5.41) is 3.90. The fourth-order valence-electron chi connectivity index (χ4n) is 3.45. The Labute approximate surface area is 132 Å². The van der Waals surface area contributed by atoms with Crippen LogP contribution in [-0.2, 0) is 0 Å². The summed E-state index contributed by atoms with van der Waals surface area (Å²) in [7, 11) is 0. The molecule has 5 heteroatoms. The summed E-state index contributed by atoms with van der Waals surface area (Å²) in [5.41, 5.74) is 0.470. The summed E-state index contributed by atoms with van der Waals surface area (Å²) in [6.45, 7) is 6.89. The van der Waals surface area contributed by atoms with Crippen LogP contribution in [0.1, 0.15) is 33.1 Å². The molecule has 0 spiro atoms. The minimum Gasteiger partial charge on any atom is -0.339 e. The van der Waals surface area contributed by atoms with Crippen LogP contribution < -0.4 is 10.2 Å². The maximum atomic E-state index is 4.39. The number of aromatic nitrogens is 2. The number of rotatable bonds is 3. The van der Waals surface area contributed by atoms with Gasteiger partial charge in [0.15, 0.2) is 0 Å². The monoisotopic (exact) mass is 306 g/mol. The Bertz CT molecular complexity index is 451. The Morgan fingerprint density at radius 2 is 2.10 bits per heavy atom. The highest BCUT2D eigenvalue weighted by Crippen LogP contribution is 2.33. The highest BCUT2D eigenvalue weighted by Gasteiger charge is 2.31. The Hall–Kier alpha value is -0.810. The van der Waals surface area contributed by atoms with Crippen molar-refractivity contribution in [2.45, 2.75) is 45.2 Å². The second-order valence-corrected chi connectivity index (χ2v) is 8.11. The van der Waals surface area contributed by atoms with E-state index in [1.165, 1.54) is 30.8 Å². The summed E-state index contributed by atoms with van der Waals surface area (Å²) < 4.78 is 0. The number of nitrogens with one attached hydrogen (secondary N) is 1. The topological polar surface area (TPSA) is 41.0 Å². The Morgan fingerprint density at radius 3 is 2.86 bits per heavy atom. The quantitative estimate of drug-likeness (QED) is 0.929. The minimum absolute atomic E-state index is 0.470. The lowest BCUT2D eigenvalue weighted by Gasteiger charge is -2.40. The molecule has 4 nitrogen and oxygen atoms in total. The minimum atomic E-state index is 0.470. The van der Waals surface area contributed by atoms with Gasteiger partial charge in [0.25, 0.3) is 0 Å². The van der Waals surface area contributed by atoms with Gasteiger partial charge in [0.1, 0.15) is 0 Å². The van der Waals surface area contributed by atoms with E-state index < -0.39 is 0 Å². The van der Waals surface area contributed by atoms with Gasteiger partial charge in [-0.1, -0.05) is 13.8 Å². The molecule has 2 unspecified atom stereocenters. The molecule has 2 aliphatic rings. The van der Waals surface area contributed by atoms with E-state index in [-0.39, 0.29) is 0 Å². The first-order chi connectivity index (χ1) is 10.1. The highest BCUT2D eigenvalue weighted by atomic mass is 32.2. The smallest absolute Gasteiger partial charge is 0.225 e. The van der Waals surface area contributed by atoms with Crippen LogP contribution in [-0.4, -0.2) is 46.6 Å². The van der Waals surface area contributed by atoms with Crippen LogP contribution in [0.4, 0.5) is 5.95 Å². The Morgan fingerprint density at radius 1 is 1.29 bits per heavy atom. The number of thioether (sulfide) groups is 1. The van der Waals surface area contributed by atoms with Gasteiger partial charge in [-0.3, -0.25) is 0 Å². The van der Waals surface area contributed by atoms with E-state index in [9.17, 15) is 0 Å². The Kier molecular flexibility index (Phi) is 4.69. The number of nitrogens with zero attached hydrogens (tertiary/aromatic N) is 3. The number of hydrogen-bond acceptors (Lipinski definition) is 5. The van der Waals surface area contributed by atoms with E-state index in [0.29, 0.717) is 17.5 Å². The second kappa shape index (κ2) is 6.53. The Balaban J connectivity index is 1.56. The van der Waals surface area contributed by atoms with Gasteiger partial charge in [-0.25, -0.2) is 9.97 Å². The average Bonchev–Trinajstić information content (AvgIpc) is 2.47. The van der Waals surface area contributed by atoms with Gasteiger partial charge in [0, 0.05) is 43.3 Å². The first kappa shape index (κ1) is 15.1. The van der Waals surface area contributed by atoms with Gasteiger partial charge in [0.05, 0.1) is 0 Å². The molecule has 1 N–H and O–H groups in total. The lowest BCUT2D eigenvalue weighted by molar-refractivity contribution is 0.287. The standard InChI is InChI=1S/C16H26N4S/c1-16(2)9-14(11-21-12-16)19-13-5-3-8-20(10-13)15-17-6-4-7-18-15/h4,6-7,13-14,19H,3,5,8-12H2,1-2H3. The molecule has 116 valence electrons. The molecule has 3 heterocycles. The van der Waals surface area contributed by atoms with E-state index in [2.05, 4.69) is 45.8 Å². The molecule has 0 saturated carbocycles. The van der Waals surface area contributed by atoms with Gasteiger partial charge in [0.2, 0.25) is 5.95 Å². The first-order valence-electron chi connectivity index (χ1n) is 7.98. The van der Waals surface area contributed by atoms with Crippen LogP contribution >= 0.6 is 11.8 Å². The zero-order chi connectivity index (χ0) is 14.7. The maximum absolute atomic E-state index is 4.39. The summed E-state index contributed by atoms with van der Waals surface area (Å²) >= 11 is 2.09. The normalized spacial score (nSPS) is 29.3. The average molecular weight is 306 g/mol. The van der Waals surface area contributed by atoms with Gasteiger partial charge in [-0.2, -0.15) is 11.8 Å². The van der Waals surface area contributed by atoms with Crippen molar-refractivity contribution in [1.29, 1.82) is 0 Å². The molecular formula is C16H26N4S. The van der Waals surface area contributed by atoms with Crippen molar-refractivity contribution in [3.05, 3.63) is 18.5 Å². The van der Waals surface area contributed by atoms with Crippen molar-refractivity contribution in [3.8, 4) is 0 Å². The van der Waals surface area contributed by atoms with E-state index in [1.54, 1.807) is 0 Å². The van der Waals surface area contributed by atoms with E-state index in [4.69, 9.17) is 0 Å². The largest absolute Gasteiger partial charge is 0.339 e. The molecule has 1 aromatic rings. The molecule has 0 aliphatic carbocycles. The van der Waals surface area contributed by atoms with E-state index >= 15 is 0 Å². The number of hydrogen-bond donors (Lipinski definition) is 1. The third-order valence-electron chi connectivity index (χ3n) is 4.34. The fourth-order valence-corrected chi connectivity index (χ4v) is 4.74. The third kappa shape index (κ3) is 4.10. The molecule has 2 fully saturated rings. The molecule has 0 aromatic carbocycles. The van der Waals surface area contributed by atoms with Crippen molar-refractivity contribution in [2.24, 2.45) is 5.41 Å². The fraction of sp³-hybridized carbons (Fsp3) is 0.750. The molecule has 0 amide bonds. The summed E-state index contributed by atoms with van der Waals surface area (Å²) in [5.74, 6) is 3.42. The molecule has 3 rings (SSSR count). The molecule has 21 heavy (non-hydrogen) atoms. The molecule has 2 aliphatic heterocycles. The van der Waals surface area contributed by atoms with Crippen molar-refractivity contribution >= 4 is 17.7 Å². The van der Waals surface area contributed by atoms with Crippen molar-refractivity contribution in [3.63, 3.8) is 0 Å². The summed E-state index contributed by atoms with van der Waals surface area (Å²) in [4.78, 5) is 11.1. The molecule has 0 bridgehead atoms. The van der Waals surface area contributed by atoms with Gasteiger partial charge < -0.3 is 10.2 Å². The first-order valence-corrected chi connectivity index (χ1v) is 9.14. The van der Waals surface area contributed by atoms with Crippen LogP contribution in [0.2, 0.25) is 0 Å². The molecule has 2 atom stereocenters. The predicted octanol–water partition coefficient (Wildman–Crippen LogP) is 2.57. The highest BCUT2D eigenvalue weighted by molar-refractivity contribution is 7.99. The molecule has 0 radical (unpaired) electrons. The predicted molar refractivity (Wildman–Crippen MR) is 89.9 cm³/mol. The van der Waals surface area contributed by atoms with Gasteiger partial charge >= 0.3 is 0 Å². The van der Waals surface area contributed by atoms with Crippen LogP contribution in [0.5, 0.6) is 0 Å². The lowest BCUT2D eigenvalue weighted by Crippen LogP contribution is -2.52.